The highest BCUT2D eigenvalue weighted by Crippen LogP contribution is 2.17. The summed E-state index contributed by atoms with van der Waals surface area (Å²) in [5.41, 5.74) is 8.05. The van der Waals surface area contributed by atoms with Crippen LogP contribution in [0, 0.1) is 5.92 Å². The molecular formula is C13H19N3OS. The van der Waals surface area contributed by atoms with E-state index in [1.165, 1.54) is 0 Å². The number of benzene rings is 1. The zero-order valence-corrected chi connectivity index (χ0v) is 11.6. The van der Waals surface area contributed by atoms with E-state index >= 15 is 0 Å². The maximum Gasteiger partial charge on any atom is 0.197 e. The standard InChI is InChI=1S/C13H19N3OS/c1-9(2)4-3-7-18(17)13-15-11-6-5-10(14)8-12(11)16-13/h5-6,8-9H,3-4,7,14H2,1-2H3,(H,15,16). The number of hydrogen-bond acceptors (Lipinski definition) is 3. The van der Waals surface area contributed by atoms with Gasteiger partial charge in [0.25, 0.3) is 0 Å². The van der Waals surface area contributed by atoms with Gasteiger partial charge in [0.15, 0.2) is 5.16 Å². The summed E-state index contributed by atoms with van der Waals surface area (Å²) in [5, 5.41) is 0.555. The second kappa shape index (κ2) is 5.52. The normalized spacial score (nSPS) is 13.3. The third kappa shape index (κ3) is 3.10. The molecule has 0 saturated carbocycles. The first kappa shape index (κ1) is 13.1. The number of H-pyrrole nitrogens is 1. The van der Waals surface area contributed by atoms with E-state index in [0.717, 1.165) is 23.9 Å². The van der Waals surface area contributed by atoms with Crippen molar-refractivity contribution in [3.63, 3.8) is 0 Å². The Kier molecular flexibility index (Phi) is 4.01. The van der Waals surface area contributed by atoms with Crippen molar-refractivity contribution in [2.75, 3.05) is 11.5 Å². The van der Waals surface area contributed by atoms with Crippen molar-refractivity contribution in [3.05, 3.63) is 18.2 Å². The Morgan fingerprint density at radius 3 is 2.94 bits per heavy atom. The van der Waals surface area contributed by atoms with Crippen molar-refractivity contribution >= 4 is 27.5 Å². The fourth-order valence-electron chi connectivity index (χ4n) is 1.83. The Morgan fingerprint density at radius 1 is 1.44 bits per heavy atom. The molecule has 98 valence electrons. The van der Waals surface area contributed by atoms with Crippen LogP contribution in [0.3, 0.4) is 0 Å². The molecule has 0 saturated heterocycles. The molecule has 2 aromatic rings. The minimum absolute atomic E-state index is 0.555. The molecule has 18 heavy (non-hydrogen) atoms. The van der Waals surface area contributed by atoms with Crippen LogP contribution in [0.5, 0.6) is 0 Å². The van der Waals surface area contributed by atoms with E-state index in [4.69, 9.17) is 5.73 Å². The number of fused-ring (bicyclic) bond motifs is 1. The number of rotatable bonds is 5. The number of imidazole rings is 1. The molecule has 0 fully saturated rings. The fourth-order valence-corrected chi connectivity index (χ4v) is 2.88. The number of anilines is 1. The second-order valence-electron chi connectivity index (χ2n) is 4.90. The molecular weight excluding hydrogens is 246 g/mol. The lowest BCUT2D eigenvalue weighted by molar-refractivity contribution is 0.575. The highest BCUT2D eigenvalue weighted by molar-refractivity contribution is 7.84. The molecule has 0 amide bonds. The van der Waals surface area contributed by atoms with E-state index in [-0.39, 0.29) is 0 Å². The average Bonchev–Trinajstić information content (AvgIpc) is 2.71. The summed E-state index contributed by atoms with van der Waals surface area (Å²) < 4.78 is 12.1. The van der Waals surface area contributed by atoms with Gasteiger partial charge in [-0.05, 0) is 30.5 Å². The molecule has 2 rings (SSSR count). The molecule has 4 nitrogen and oxygen atoms in total. The Labute approximate surface area is 109 Å². The summed E-state index contributed by atoms with van der Waals surface area (Å²) >= 11 is 0. The van der Waals surface area contributed by atoms with E-state index in [1.807, 2.05) is 12.1 Å². The molecule has 5 heteroatoms. The monoisotopic (exact) mass is 265 g/mol. The van der Waals surface area contributed by atoms with Crippen molar-refractivity contribution in [2.24, 2.45) is 5.92 Å². The van der Waals surface area contributed by atoms with Crippen LogP contribution in [0.1, 0.15) is 26.7 Å². The molecule has 0 aliphatic heterocycles. The summed E-state index contributed by atoms with van der Waals surface area (Å²) in [6, 6.07) is 5.46. The highest BCUT2D eigenvalue weighted by atomic mass is 32.2. The number of aromatic nitrogens is 2. The lowest BCUT2D eigenvalue weighted by Crippen LogP contribution is -2.01. The van der Waals surface area contributed by atoms with E-state index in [2.05, 4.69) is 23.8 Å². The lowest BCUT2D eigenvalue weighted by atomic mass is 10.1. The van der Waals surface area contributed by atoms with Crippen LogP contribution in [0.15, 0.2) is 23.4 Å². The Balaban J connectivity index is 2.08. The van der Waals surface area contributed by atoms with Crippen molar-refractivity contribution in [1.29, 1.82) is 0 Å². The summed E-state index contributed by atoms with van der Waals surface area (Å²) in [7, 11) is -1.05. The fraction of sp³-hybridized carbons (Fsp3) is 0.462. The van der Waals surface area contributed by atoms with Crippen molar-refractivity contribution in [1.82, 2.24) is 9.97 Å². The molecule has 0 radical (unpaired) electrons. The van der Waals surface area contributed by atoms with E-state index in [1.54, 1.807) is 6.07 Å². The van der Waals surface area contributed by atoms with Gasteiger partial charge in [0.1, 0.15) is 0 Å². The highest BCUT2D eigenvalue weighted by Gasteiger charge is 2.10. The first-order valence-electron chi connectivity index (χ1n) is 6.20. The van der Waals surface area contributed by atoms with Gasteiger partial charge in [0.2, 0.25) is 0 Å². The quantitative estimate of drug-likeness (QED) is 0.816. The molecule has 0 spiro atoms. The molecule has 3 N–H and O–H groups in total. The lowest BCUT2D eigenvalue weighted by Gasteiger charge is -2.02. The predicted octanol–water partition coefficient (Wildman–Crippen LogP) is 2.69. The predicted molar refractivity (Wildman–Crippen MR) is 75.9 cm³/mol. The molecule has 1 aromatic heterocycles. The molecule has 1 atom stereocenters. The average molecular weight is 265 g/mol. The minimum Gasteiger partial charge on any atom is -0.399 e. The van der Waals surface area contributed by atoms with Crippen LogP contribution in [0.4, 0.5) is 5.69 Å². The maximum absolute atomic E-state index is 12.1. The first-order chi connectivity index (χ1) is 8.56. The van der Waals surface area contributed by atoms with Crippen LogP contribution in [0.2, 0.25) is 0 Å². The molecule has 0 aliphatic carbocycles. The van der Waals surface area contributed by atoms with Gasteiger partial charge in [0, 0.05) is 11.4 Å². The van der Waals surface area contributed by atoms with Gasteiger partial charge in [-0.15, -0.1) is 0 Å². The molecule has 0 aliphatic rings. The molecule has 0 bridgehead atoms. The third-order valence-electron chi connectivity index (χ3n) is 2.81. The first-order valence-corrected chi connectivity index (χ1v) is 7.52. The van der Waals surface area contributed by atoms with E-state index in [0.29, 0.717) is 22.5 Å². The number of aromatic amines is 1. The molecule has 1 heterocycles. The minimum atomic E-state index is -1.05. The van der Waals surface area contributed by atoms with Crippen LogP contribution in [-0.4, -0.2) is 19.9 Å². The molecule has 1 unspecified atom stereocenters. The van der Waals surface area contributed by atoms with Gasteiger partial charge in [-0.3, -0.25) is 4.21 Å². The number of nitrogens with zero attached hydrogens (tertiary/aromatic N) is 1. The molecule has 1 aromatic carbocycles. The Morgan fingerprint density at radius 2 is 2.22 bits per heavy atom. The largest absolute Gasteiger partial charge is 0.399 e. The van der Waals surface area contributed by atoms with Gasteiger partial charge in [-0.1, -0.05) is 20.3 Å². The van der Waals surface area contributed by atoms with Crippen LogP contribution >= 0.6 is 0 Å². The number of nitrogen functional groups attached to an aromatic ring is 1. The van der Waals surface area contributed by atoms with Crippen molar-refractivity contribution < 1.29 is 4.21 Å². The topological polar surface area (TPSA) is 71.8 Å². The second-order valence-corrected chi connectivity index (χ2v) is 6.39. The van der Waals surface area contributed by atoms with Crippen LogP contribution in [0.25, 0.3) is 11.0 Å². The zero-order chi connectivity index (χ0) is 13.1. The van der Waals surface area contributed by atoms with Gasteiger partial charge in [-0.2, -0.15) is 0 Å². The number of nitrogens with one attached hydrogen (secondary N) is 1. The number of nitrogens with two attached hydrogens (primary N) is 1. The Hall–Kier alpha value is -1.36. The van der Waals surface area contributed by atoms with Gasteiger partial charge < -0.3 is 10.7 Å². The zero-order valence-electron chi connectivity index (χ0n) is 10.8. The van der Waals surface area contributed by atoms with Gasteiger partial charge >= 0.3 is 0 Å². The van der Waals surface area contributed by atoms with E-state index in [9.17, 15) is 4.21 Å². The summed E-state index contributed by atoms with van der Waals surface area (Å²) in [4.78, 5) is 7.42. The third-order valence-corrected chi connectivity index (χ3v) is 4.10. The summed E-state index contributed by atoms with van der Waals surface area (Å²) in [5.74, 6) is 1.31. The van der Waals surface area contributed by atoms with Crippen molar-refractivity contribution in [3.8, 4) is 0 Å². The number of hydrogen-bond donors (Lipinski definition) is 2. The van der Waals surface area contributed by atoms with Gasteiger partial charge in [-0.25, -0.2) is 4.98 Å². The SMILES string of the molecule is CC(C)CCCS(=O)c1nc2ccc(N)cc2[nH]1. The van der Waals surface area contributed by atoms with Crippen molar-refractivity contribution in [2.45, 2.75) is 31.8 Å². The van der Waals surface area contributed by atoms with Crippen LogP contribution in [-0.2, 0) is 10.8 Å². The summed E-state index contributed by atoms with van der Waals surface area (Å²) in [6.45, 7) is 4.35. The maximum atomic E-state index is 12.1. The smallest absolute Gasteiger partial charge is 0.197 e. The van der Waals surface area contributed by atoms with Gasteiger partial charge in [0.05, 0.1) is 21.8 Å². The Bertz CT molecular complexity index is 562. The van der Waals surface area contributed by atoms with E-state index < -0.39 is 10.8 Å². The van der Waals surface area contributed by atoms with Crippen LogP contribution < -0.4 is 5.73 Å². The summed E-state index contributed by atoms with van der Waals surface area (Å²) in [6.07, 6.45) is 2.06.